The molecule has 0 spiro atoms. The van der Waals surface area contributed by atoms with Crippen LogP contribution in [0.3, 0.4) is 0 Å². The number of methoxy groups -OCH3 is 2. The summed E-state index contributed by atoms with van der Waals surface area (Å²) < 4.78 is 58.3. The molecule has 4 aliphatic rings. The normalized spacial score (nSPS) is 21.0. The highest BCUT2D eigenvalue weighted by Crippen LogP contribution is 2.41. The number of carbonyl (C=O) groups excluding carboxylic acids is 2. The molecular formula is C71H90F3N21O7. The number of ether oxygens (including phenoxy) is 2. The third-order valence-electron chi connectivity index (χ3n) is 19.4. The summed E-state index contributed by atoms with van der Waals surface area (Å²) in [5.74, 6) is 2.12. The number of pyridine rings is 1. The van der Waals surface area contributed by atoms with Crippen molar-refractivity contribution >= 4 is 46.2 Å². The number of hydrogen-bond donors (Lipinski definition) is 8. The van der Waals surface area contributed by atoms with Gasteiger partial charge in [-0.25, -0.2) is 28.5 Å². The predicted molar refractivity (Wildman–Crippen MR) is 376 cm³/mol. The summed E-state index contributed by atoms with van der Waals surface area (Å²) in [7, 11) is 4.90. The summed E-state index contributed by atoms with van der Waals surface area (Å²) in [6, 6.07) is 7.39. The summed E-state index contributed by atoms with van der Waals surface area (Å²) in [5.41, 5.74) is 12.5. The van der Waals surface area contributed by atoms with Crippen molar-refractivity contribution in [1.29, 1.82) is 0 Å². The number of carbonyl (C=O) groups is 2. The van der Waals surface area contributed by atoms with Crippen molar-refractivity contribution < 1.29 is 47.6 Å². The van der Waals surface area contributed by atoms with Crippen LogP contribution in [0.1, 0.15) is 162 Å². The molecular weight excluding hydrogens is 1320 g/mol. The van der Waals surface area contributed by atoms with Crippen LogP contribution in [0.15, 0.2) is 98.6 Å². The highest BCUT2D eigenvalue weighted by Gasteiger charge is 2.33. The number of aliphatic hydroxyl groups excluding tert-OH is 3. The van der Waals surface area contributed by atoms with Gasteiger partial charge in [-0.3, -0.25) is 33.9 Å². The van der Waals surface area contributed by atoms with Crippen molar-refractivity contribution in [1.82, 2.24) is 88.9 Å². The van der Waals surface area contributed by atoms with Gasteiger partial charge in [0.05, 0.1) is 109 Å². The van der Waals surface area contributed by atoms with Crippen LogP contribution < -0.4 is 26.6 Å². The van der Waals surface area contributed by atoms with E-state index in [9.17, 15) is 38.1 Å². The second kappa shape index (κ2) is 32.6. The first-order valence-corrected chi connectivity index (χ1v) is 35.0. The molecule has 1 saturated heterocycles. The summed E-state index contributed by atoms with van der Waals surface area (Å²) in [6.45, 7) is 8.59. The van der Waals surface area contributed by atoms with Crippen LogP contribution >= 0.6 is 0 Å². The number of aliphatic hydroxyl groups is 3. The van der Waals surface area contributed by atoms with Crippen LogP contribution in [0.5, 0.6) is 0 Å². The Bertz CT molecular complexity index is 4440. The third kappa shape index (κ3) is 17.8. The Labute approximate surface area is 587 Å². The molecule has 10 aromatic rings. The van der Waals surface area contributed by atoms with Crippen LogP contribution in [-0.4, -0.2) is 189 Å². The van der Waals surface area contributed by atoms with E-state index in [0.29, 0.717) is 92.5 Å². The highest BCUT2D eigenvalue weighted by atomic mass is 19.4. The molecule has 0 aromatic carbocycles. The number of nitrogens with one attached hydrogen (secondary N) is 5. The Hall–Kier alpha value is -9.56. The van der Waals surface area contributed by atoms with Gasteiger partial charge in [0.2, 0.25) is 23.8 Å². The van der Waals surface area contributed by atoms with Crippen LogP contribution in [0.4, 0.5) is 31.0 Å². The van der Waals surface area contributed by atoms with Gasteiger partial charge >= 0.3 is 6.18 Å². The molecule has 4 fully saturated rings. The average Bonchev–Trinajstić information content (AvgIpc) is 1.63. The maximum absolute atomic E-state index is 12.8. The lowest BCUT2D eigenvalue weighted by atomic mass is 9.85. The van der Waals surface area contributed by atoms with Gasteiger partial charge < -0.3 is 51.4 Å². The first-order chi connectivity index (χ1) is 49.2. The summed E-state index contributed by atoms with van der Waals surface area (Å²) in [5, 5.41) is 68.1. The molecule has 2 amide bonds. The fourth-order valence-electron chi connectivity index (χ4n) is 14.2. The topological polar surface area (TPSA) is 338 Å². The predicted octanol–water partition coefficient (Wildman–Crippen LogP) is 9.01. The molecule has 11 heterocycles. The zero-order chi connectivity index (χ0) is 71.6. The van der Waals surface area contributed by atoms with Gasteiger partial charge in [-0.05, 0) is 122 Å². The Balaban J connectivity index is 0.000000144. The second-order valence-corrected chi connectivity index (χ2v) is 27.5. The quantitative estimate of drug-likeness (QED) is 0.0313. The fraction of sp³-hybridized carbons (Fsp3) is 0.507. The molecule has 3 aliphatic carbocycles. The van der Waals surface area contributed by atoms with Crippen molar-refractivity contribution in [2.24, 2.45) is 5.92 Å². The van der Waals surface area contributed by atoms with E-state index in [4.69, 9.17) is 19.7 Å². The lowest BCUT2D eigenvalue weighted by molar-refractivity contribution is -0.136. The smallest absolute Gasteiger partial charge is 0.391 e. The number of hydrogen-bond acceptors (Lipinski definition) is 21. The first kappa shape index (κ1) is 72.2. The monoisotopic (exact) mass is 1410 g/mol. The molecule has 0 radical (unpaired) electrons. The first-order valence-electron chi connectivity index (χ1n) is 35.0. The molecule has 3 saturated carbocycles. The minimum absolute atomic E-state index is 0.0842. The third-order valence-corrected chi connectivity index (χ3v) is 19.4. The van der Waals surface area contributed by atoms with E-state index in [1.54, 1.807) is 62.8 Å². The lowest BCUT2D eigenvalue weighted by Gasteiger charge is -2.25. The SMILES string of the molecule is CNC(=O)c1cncc(-c2cc(C3CCC(O)CC3)n3nc(N[C@@H](C)CC(F)(F)F)ncc23)c1.COC[C@H](C)Nc1ncc2c(-c3cnn(CC4CNC(=O)C4)c3)cc(C3CCC(O)CC3)n2n1.COC[C@H](C)Nc1ncc2c(-c3cnn(Cc4cnccn4)c3)cc(C3CCC(O)CC3)n2n1. The van der Waals surface area contributed by atoms with Crippen molar-refractivity contribution in [3.63, 3.8) is 0 Å². The standard InChI is InChI=1S/C24H30N8O2.C24H33N7O3.C23H27F3N6O2/c1-16(15-34-2)29-24-27-12-23-21(9-22(32(23)30-24)17-3-5-20(33)6-4-17)18-10-28-31(13-18)14-19-11-25-7-8-26-19;1-15(14-34-2)28-24-26-11-22-20(8-21(31(22)29-24)17-3-5-19(32)6-4-17)18-10-27-30(13-18)12-16-7-23(33)25-9-16;1-13(9-23(24,25)26)30-22-29-12-20-18(15-7-16(11-28-10-15)21(34)27-2)8-19(32(20)31-22)14-3-5-17(33)6-4-14/h7-13,16-17,20,33H,3-6,14-15H2,1-2H3,(H,29,30);8,10-11,13,15-17,19,32H,3-7,9,12,14H2,1-2H3,(H,25,33)(H,28,29);7-8,10-14,17,33H,3-6,9H2,1-2H3,(H,27,34)(H,30,31)/t16-,17?,20?;15-,16?,17?,19?;13-,14?,17?/m000/s1. The van der Waals surface area contributed by atoms with Crippen molar-refractivity contribution in [2.45, 2.75) is 184 Å². The van der Waals surface area contributed by atoms with E-state index >= 15 is 0 Å². The van der Waals surface area contributed by atoms with Crippen molar-refractivity contribution in [3.8, 4) is 33.4 Å². The maximum Gasteiger partial charge on any atom is 0.391 e. The van der Waals surface area contributed by atoms with Crippen molar-refractivity contribution in [3.05, 3.63) is 127 Å². The molecule has 0 bridgehead atoms. The molecule has 102 heavy (non-hydrogen) atoms. The molecule has 28 nitrogen and oxygen atoms in total. The highest BCUT2D eigenvalue weighted by molar-refractivity contribution is 5.95. The van der Waals surface area contributed by atoms with Gasteiger partial charge in [-0.15, -0.1) is 15.3 Å². The maximum atomic E-state index is 12.8. The zero-order valence-corrected chi connectivity index (χ0v) is 58.2. The lowest BCUT2D eigenvalue weighted by Crippen LogP contribution is -2.25. The number of alkyl halides is 3. The van der Waals surface area contributed by atoms with Gasteiger partial charge in [-0.2, -0.15) is 23.4 Å². The fourth-order valence-corrected chi connectivity index (χ4v) is 14.2. The Morgan fingerprint density at radius 1 is 0.578 bits per heavy atom. The Kier molecular flexibility index (Phi) is 23.1. The summed E-state index contributed by atoms with van der Waals surface area (Å²) in [6.07, 6.45) is 25.7. The van der Waals surface area contributed by atoms with E-state index in [2.05, 4.69) is 83.9 Å². The van der Waals surface area contributed by atoms with E-state index in [0.717, 1.165) is 126 Å². The second-order valence-electron chi connectivity index (χ2n) is 27.5. The van der Waals surface area contributed by atoms with Crippen LogP contribution in [-0.2, 0) is 27.4 Å². The average molecular weight is 1410 g/mol. The number of nitrogens with zero attached hydrogens (tertiary/aromatic N) is 16. The molecule has 10 aromatic heterocycles. The number of aromatic nitrogens is 16. The number of anilines is 3. The molecule has 542 valence electrons. The molecule has 31 heteroatoms. The summed E-state index contributed by atoms with van der Waals surface area (Å²) >= 11 is 0. The van der Waals surface area contributed by atoms with E-state index in [1.807, 2.05) is 75.5 Å². The summed E-state index contributed by atoms with van der Waals surface area (Å²) in [4.78, 5) is 49.7. The van der Waals surface area contributed by atoms with E-state index in [-0.39, 0.29) is 60.0 Å². The van der Waals surface area contributed by atoms with Gasteiger partial charge in [0, 0.05) is 170 Å². The van der Waals surface area contributed by atoms with E-state index in [1.165, 1.54) is 13.1 Å². The molecule has 4 atom stereocenters. The number of amides is 2. The largest absolute Gasteiger partial charge is 0.393 e. The van der Waals surface area contributed by atoms with E-state index < -0.39 is 18.6 Å². The molecule has 1 aliphatic heterocycles. The minimum Gasteiger partial charge on any atom is -0.393 e. The van der Waals surface area contributed by atoms with Gasteiger partial charge in [0.1, 0.15) is 0 Å². The van der Waals surface area contributed by atoms with Gasteiger partial charge in [-0.1, -0.05) is 0 Å². The molecule has 1 unspecified atom stereocenters. The Morgan fingerprint density at radius 3 is 1.47 bits per heavy atom. The zero-order valence-electron chi connectivity index (χ0n) is 58.2. The number of rotatable bonds is 22. The minimum atomic E-state index is -4.30. The van der Waals surface area contributed by atoms with Crippen LogP contribution in [0, 0.1) is 5.92 Å². The number of halogens is 3. The van der Waals surface area contributed by atoms with Crippen LogP contribution in [0.25, 0.3) is 49.9 Å². The van der Waals surface area contributed by atoms with Gasteiger partial charge in [0.25, 0.3) is 5.91 Å². The Morgan fingerprint density at radius 2 is 1.04 bits per heavy atom. The molecule has 14 rings (SSSR count). The number of fused-ring (bicyclic) bond motifs is 3. The van der Waals surface area contributed by atoms with Crippen molar-refractivity contribution in [2.75, 3.05) is 57.0 Å². The van der Waals surface area contributed by atoms with Gasteiger partial charge in [0.15, 0.2) is 0 Å². The molecule has 8 N–H and O–H groups in total. The van der Waals surface area contributed by atoms with Crippen LogP contribution in [0.2, 0.25) is 0 Å².